The van der Waals surface area contributed by atoms with E-state index in [1.165, 1.54) is 0 Å². The highest BCUT2D eigenvalue weighted by Crippen LogP contribution is 2.27. The fourth-order valence-corrected chi connectivity index (χ4v) is 1.71. The number of esters is 1. The fourth-order valence-electron chi connectivity index (χ4n) is 1.71. The Morgan fingerprint density at radius 3 is 3.19 bits per heavy atom. The van der Waals surface area contributed by atoms with Crippen LogP contribution in [-0.4, -0.2) is 30.7 Å². The van der Waals surface area contributed by atoms with E-state index in [4.69, 9.17) is 9.47 Å². The zero-order valence-electron chi connectivity index (χ0n) is 9.32. The zero-order valence-corrected chi connectivity index (χ0v) is 9.32. The zero-order chi connectivity index (χ0) is 11.5. The second-order valence-electron chi connectivity index (χ2n) is 3.54. The van der Waals surface area contributed by atoms with Gasteiger partial charge in [0.1, 0.15) is 17.6 Å². The van der Waals surface area contributed by atoms with Crippen LogP contribution in [0.4, 0.5) is 5.82 Å². The van der Waals surface area contributed by atoms with Crippen molar-refractivity contribution < 1.29 is 14.3 Å². The third kappa shape index (κ3) is 1.93. The Balaban J connectivity index is 2.11. The summed E-state index contributed by atoms with van der Waals surface area (Å²) in [5.74, 6) is 1.20. The quantitative estimate of drug-likeness (QED) is 0.773. The largest absolute Gasteiger partial charge is 0.495 e. The molecule has 0 saturated heterocycles. The molecule has 0 aromatic carbocycles. The third-order valence-corrected chi connectivity index (χ3v) is 2.48. The molecular formula is C11H14N2O3. The molecule has 0 spiro atoms. The number of ether oxygens (including phenoxy) is 2. The summed E-state index contributed by atoms with van der Waals surface area (Å²) in [5, 5.41) is 3.03. The fraction of sp³-hybridized carbons (Fsp3) is 0.455. The van der Waals surface area contributed by atoms with E-state index in [0.717, 1.165) is 11.4 Å². The minimum atomic E-state index is -0.324. The van der Waals surface area contributed by atoms with E-state index >= 15 is 0 Å². The molecule has 1 aromatic rings. The average Bonchev–Trinajstić information content (AvgIpc) is 2.71. The topological polar surface area (TPSA) is 60.5 Å². The van der Waals surface area contributed by atoms with Gasteiger partial charge in [-0.1, -0.05) is 0 Å². The number of rotatable bonds is 3. The molecule has 1 unspecified atom stereocenters. The van der Waals surface area contributed by atoms with Crippen molar-refractivity contribution in [3.63, 3.8) is 0 Å². The van der Waals surface area contributed by atoms with Crippen molar-refractivity contribution in [2.45, 2.75) is 19.4 Å². The first kappa shape index (κ1) is 10.7. The van der Waals surface area contributed by atoms with Crippen molar-refractivity contribution in [2.24, 2.45) is 0 Å². The summed E-state index contributed by atoms with van der Waals surface area (Å²) in [7, 11) is 1.59. The predicted octanol–water partition coefficient (Wildman–Crippen LogP) is 0.990. The lowest BCUT2D eigenvalue weighted by Gasteiger charge is -2.08. The number of nitrogens with one attached hydrogen (secondary N) is 1. The van der Waals surface area contributed by atoms with Gasteiger partial charge >= 0.3 is 5.97 Å². The molecular weight excluding hydrogens is 208 g/mol. The number of carbonyl (C=O) groups excluding carboxylic acids is 1. The smallest absolute Gasteiger partial charge is 0.328 e. The van der Waals surface area contributed by atoms with Crippen LogP contribution in [0.3, 0.4) is 0 Å². The first-order valence-electron chi connectivity index (χ1n) is 5.20. The van der Waals surface area contributed by atoms with Crippen LogP contribution in [-0.2, 0) is 16.0 Å². The summed E-state index contributed by atoms with van der Waals surface area (Å²) in [4.78, 5) is 15.7. The summed E-state index contributed by atoms with van der Waals surface area (Å²) in [6.07, 6.45) is 2.22. The molecule has 0 aliphatic carbocycles. The highest BCUT2D eigenvalue weighted by atomic mass is 16.5. The van der Waals surface area contributed by atoms with E-state index in [1.54, 1.807) is 20.2 Å². The van der Waals surface area contributed by atoms with Crippen LogP contribution in [0, 0.1) is 0 Å². The molecule has 0 saturated carbocycles. The Morgan fingerprint density at radius 2 is 2.50 bits per heavy atom. The summed E-state index contributed by atoms with van der Waals surface area (Å²) in [6.45, 7) is 2.19. The van der Waals surface area contributed by atoms with Gasteiger partial charge in [-0.15, -0.1) is 0 Å². The van der Waals surface area contributed by atoms with Crippen LogP contribution in [0.15, 0.2) is 12.3 Å². The number of nitrogens with zero attached hydrogens (tertiary/aromatic N) is 1. The molecule has 1 aliphatic heterocycles. The molecule has 0 fully saturated rings. The first-order chi connectivity index (χ1) is 7.74. The summed E-state index contributed by atoms with van der Waals surface area (Å²) >= 11 is 0. The summed E-state index contributed by atoms with van der Waals surface area (Å²) in [6, 6.07) is 1.56. The highest BCUT2D eigenvalue weighted by Gasteiger charge is 2.28. The van der Waals surface area contributed by atoms with Crippen LogP contribution in [0.1, 0.15) is 12.5 Å². The number of anilines is 1. The Bertz CT molecular complexity index is 406. The molecule has 1 atom stereocenters. The van der Waals surface area contributed by atoms with Crippen LogP contribution in [0.5, 0.6) is 5.75 Å². The van der Waals surface area contributed by atoms with E-state index in [1.807, 2.05) is 6.07 Å². The van der Waals surface area contributed by atoms with Gasteiger partial charge < -0.3 is 14.8 Å². The molecule has 2 heterocycles. The van der Waals surface area contributed by atoms with Crippen molar-refractivity contribution in [2.75, 3.05) is 19.0 Å². The Kier molecular flexibility index (Phi) is 2.94. The van der Waals surface area contributed by atoms with Crippen molar-refractivity contribution >= 4 is 11.8 Å². The lowest BCUT2D eigenvalue weighted by atomic mass is 10.1. The van der Waals surface area contributed by atoms with E-state index in [0.29, 0.717) is 18.8 Å². The van der Waals surface area contributed by atoms with Gasteiger partial charge in [-0.3, -0.25) is 0 Å². The van der Waals surface area contributed by atoms with Gasteiger partial charge in [0.05, 0.1) is 19.9 Å². The maximum absolute atomic E-state index is 11.5. The number of aromatic nitrogens is 1. The van der Waals surface area contributed by atoms with Crippen LogP contribution >= 0.6 is 0 Å². The van der Waals surface area contributed by atoms with Crippen LogP contribution in [0.25, 0.3) is 0 Å². The molecule has 1 aromatic heterocycles. The van der Waals surface area contributed by atoms with Crippen LogP contribution in [0.2, 0.25) is 0 Å². The molecule has 5 heteroatoms. The average molecular weight is 222 g/mol. The number of hydrogen-bond acceptors (Lipinski definition) is 5. The standard InChI is InChI=1S/C11H14N2O3/c1-3-16-11(14)9-5-7-4-8(15-2)6-12-10(7)13-9/h4,6,9H,3,5H2,1-2H3,(H,12,13). The van der Waals surface area contributed by atoms with E-state index in [-0.39, 0.29) is 12.0 Å². The van der Waals surface area contributed by atoms with Gasteiger partial charge in [0.15, 0.2) is 0 Å². The first-order valence-corrected chi connectivity index (χ1v) is 5.20. The maximum Gasteiger partial charge on any atom is 0.328 e. The van der Waals surface area contributed by atoms with Gasteiger partial charge in [0.2, 0.25) is 0 Å². The molecule has 86 valence electrons. The summed E-state index contributed by atoms with van der Waals surface area (Å²) in [5.41, 5.74) is 0.984. The van der Waals surface area contributed by atoms with Gasteiger partial charge in [0, 0.05) is 12.0 Å². The Labute approximate surface area is 93.8 Å². The molecule has 2 rings (SSSR count). The second kappa shape index (κ2) is 4.38. The molecule has 1 aliphatic rings. The number of hydrogen-bond donors (Lipinski definition) is 1. The SMILES string of the molecule is CCOC(=O)C1Cc2cc(OC)cnc2N1. The minimum Gasteiger partial charge on any atom is -0.495 e. The number of methoxy groups -OCH3 is 1. The van der Waals surface area contributed by atoms with Crippen molar-refractivity contribution in [3.8, 4) is 5.75 Å². The number of fused-ring (bicyclic) bond motifs is 1. The number of carbonyl (C=O) groups is 1. The van der Waals surface area contributed by atoms with E-state index < -0.39 is 0 Å². The molecule has 0 amide bonds. The maximum atomic E-state index is 11.5. The van der Waals surface area contributed by atoms with Gasteiger partial charge in [-0.05, 0) is 13.0 Å². The van der Waals surface area contributed by atoms with Gasteiger partial charge in [-0.25, -0.2) is 9.78 Å². The van der Waals surface area contributed by atoms with Gasteiger partial charge in [-0.2, -0.15) is 0 Å². The predicted molar refractivity (Wildman–Crippen MR) is 58.5 cm³/mol. The third-order valence-electron chi connectivity index (χ3n) is 2.48. The Hall–Kier alpha value is -1.78. The number of pyridine rings is 1. The Morgan fingerprint density at radius 1 is 1.69 bits per heavy atom. The normalized spacial score (nSPS) is 17.5. The van der Waals surface area contributed by atoms with Crippen molar-refractivity contribution in [1.29, 1.82) is 0 Å². The van der Waals surface area contributed by atoms with Crippen LogP contribution < -0.4 is 10.1 Å². The van der Waals surface area contributed by atoms with Gasteiger partial charge in [0.25, 0.3) is 0 Å². The lowest BCUT2D eigenvalue weighted by Crippen LogP contribution is -2.29. The molecule has 16 heavy (non-hydrogen) atoms. The lowest BCUT2D eigenvalue weighted by molar-refractivity contribution is -0.143. The monoisotopic (exact) mass is 222 g/mol. The second-order valence-corrected chi connectivity index (χ2v) is 3.54. The highest BCUT2D eigenvalue weighted by molar-refractivity contribution is 5.82. The van der Waals surface area contributed by atoms with E-state index in [9.17, 15) is 4.79 Å². The molecule has 0 bridgehead atoms. The minimum absolute atomic E-state index is 0.237. The van der Waals surface area contributed by atoms with Crippen molar-refractivity contribution in [3.05, 3.63) is 17.8 Å². The molecule has 1 N–H and O–H groups in total. The molecule has 5 nitrogen and oxygen atoms in total. The van der Waals surface area contributed by atoms with Crippen molar-refractivity contribution in [1.82, 2.24) is 4.98 Å². The molecule has 0 radical (unpaired) electrons. The summed E-state index contributed by atoms with van der Waals surface area (Å²) < 4.78 is 10.0. The van der Waals surface area contributed by atoms with E-state index in [2.05, 4.69) is 10.3 Å².